The molecule has 0 saturated carbocycles. The van der Waals surface area contributed by atoms with E-state index in [-0.39, 0.29) is 0 Å². The molecule has 5 nitrogen and oxygen atoms in total. The van der Waals surface area contributed by atoms with Crippen molar-refractivity contribution in [1.29, 1.82) is 0 Å². The van der Waals surface area contributed by atoms with Gasteiger partial charge in [-0.1, -0.05) is 30.3 Å². The number of carbonyl (C=O) groups excluding carboxylic acids is 1. The van der Waals surface area contributed by atoms with Crippen LogP contribution in [0.25, 0.3) is 0 Å². The zero-order valence-electron chi connectivity index (χ0n) is 11.5. The summed E-state index contributed by atoms with van der Waals surface area (Å²) in [6, 6.07) is 9.21. The van der Waals surface area contributed by atoms with Crippen LogP contribution in [0.2, 0.25) is 0 Å². The first-order valence-corrected chi connectivity index (χ1v) is 6.48. The molecule has 0 bridgehead atoms. The molecule has 0 saturated heterocycles. The number of carbonyl (C=O) groups is 1. The standard InChI is InChI=1S/C14H22N2O3/c1-3-18-13(19-4-2)11-16(14(15)17)10-12-8-6-5-7-9-12/h5-9,13H,3-4,10-11H2,1-2H3,(H2,15,17). The van der Waals surface area contributed by atoms with Crippen LogP contribution in [-0.4, -0.2) is 37.0 Å². The first-order chi connectivity index (χ1) is 9.17. The molecule has 0 unspecified atom stereocenters. The maximum atomic E-state index is 11.5. The molecule has 0 spiro atoms. The monoisotopic (exact) mass is 266 g/mol. The molecule has 1 aromatic rings. The zero-order chi connectivity index (χ0) is 14.1. The van der Waals surface area contributed by atoms with Gasteiger partial charge in [0.15, 0.2) is 6.29 Å². The van der Waals surface area contributed by atoms with Crippen LogP contribution in [0.15, 0.2) is 30.3 Å². The van der Waals surface area contributed by atoms with E-state index in [1.165, 1.54) is 4.90 Å². The van der Waals surface area contributed by atoms with E-state index in [9.17, 15) is 4.79 Å². The van der Waals surface area contributed by atoms with Gasteiger partial charge in [-0.25, -0.2) is 4.79 Å². The van der Waals surface area contributed by atoms with Gasteiger partial charge in [0.1, 0.15) is 0 Å². The summed E-state index contributed by atoms with van der Waals surface area (Å²) in [7, 11) is 0. The maximum absolute atomic E-state index is 11.5. The molecule has 19 heavy (non-hydrogen) atoms. The highest BCUT2D eigenvalue weighted by molar-refractivity contribution is 5.72. The Morgan fingerprint density at radius 1 is 1.21 bits per heavy atom. The molecular weight excluding hydrogens is 244 g/mol. The van der Waals surface area contributed by atoms with Crippen LogP contribution in [0, 0.1) is 0 Å². The lowest BCUT2D eigenvalue weighted by Crippen LogP contribution is -2.42. The summed E-state index contributed by atoms with van der Waals surface area (Å²) in [6.07, 6.45) is -0.439. The fraction of sp³-hybridized carbons (Fsp3) is 0.500. The van der Waals surface area contributed by atoms with E-state index in [0.29, 0.717) is 26.3 Å². The molecule has 0 aromatic heterocycles. The number of rotatable bonds is 8. The van der Waals surface area contributed by atoms with E-state index in [2.05, 4.69) is 0 Å². The van der Waals surface area contributed by atoms with Crippen molar-refractivity contribution >= 4 is 6.03 Å². The lowest BCUT2D eigenvalue weighted by atomic mass is 10.2. The van der Waals surface area contributed by atoms with Crippen LogP contribution in [0.5, 0.6) is 0 Å². The summed E-state index contributed by atoms with van der Waals surface area (Å²) < 4.78 is 10.9. The summed E-state index contributed by atoms with van der Waals surface area (Å²) >= 11 is 0. The van der Waals surface area contributed by atoms with E-state index in [1.54, 1.807) is 0 Å². The molecule has 0 fully saturated rings. The second-order valence-electron chi connectivity index (χ2n) is 4.04. The van der Waals surface area contributed by atoms with Gasteiger partial charge in [-0.05, 0) is 19.4 Å². The third-order valence-electron chi connectivity index (χ3n) is 2.60. The smallest absolute Gasteiger partial charge is 0.315 e. The van der Waals surface area contributed by atoms with Gasteiger partial charge < -0.3 is 20.1 Å². The van der Waals surface area contributed by atoms with E-state index in [0.717, 1.165) is 5.56 Å². The van der Waals surface area contributed by atoms with Gasteiger partial charge in [0.2, 0.25) is 0 Å². The first kappa shape index (κ1) is 15.5. The number of urea groups is 1. The molecule has 106 valence electrons. The SMILES string of the molecule is CCOC(CN(Cc1ccccc1)C(N)=O)OCC. The van der Waals surface area contributed by atoms with Crippen molar-refractivity contribution in [1.82, 2.24) is 4.90 Å². The van der Waals surface area contributed by atoms with Gasteiger partial charge in [-0.15, -0.1) is 0 Å². The van der Waals surface area contributed by atoms with E-state index < -0.39 is 12.3 Å². The topological polar surface area (TPSA) is 64.8 Å². The average Bonchev–Trinajstić information content (AvgIpc) is 2.39. The Balaban J connectivity index is 2.63. The maximum Gasteiger partial charge on any atom is 0.315 e. The van der Waals surface area contributed by atoms with Crippen molar-refractivity contribution in [3.05, 3.63) is 35.9 Å². The molecule has 0 aliphatic heterocycles. The van der Waals surface area contributed by atoms with Gasteiger partial charge in [0, 0.05) is 19.8 Å². The molecule has 0 radical (unpaired) electrons. The minimum Gasteiger partial charge on any atom is -0.351 e. The van der Waals surface area contributed by atoms with Crippen molar-refractivity contribution in [3.8, 4) is 0 Å². The third-order valence-corrected chi connectivity index (χ3v) is 2.60. The molecule has 1 aromatic carbocycles. The lowest BCUT2D eigenvalue weighted by molar-refractivity contribution is -0.143. The Kier molecular flexibility index (Phi) is 6.92. The zero-order valence-corrected chi connectivity index (χ0v) is 11.5. The summed E-state index contributed by atoms with van der Waals surface area (Å²) in [6.45, 7) is 5.61. The van der Waals surface area contributed by atoms with Crippen LogP contribution < -0.4 is 5.73 Å². The number of nitrogens with zero attached hydrogens (tertiary/aromatic N) is 1. The Hall–Kier alpha value is -1.59. The van der Waals surface area contributed by atoms with E-state index in [1.807, 2.05) is 44.2 Å². The predicted octanol–water partition coefficient (Wildman–Crippen LogP) is 1.97. The quantitative estimate of drug-likeness (QED) is 0.732. The Bertz CT molecular complexity index is 364. The molecule has 5 heteroatoms. The number of ether oxygens (including phenoxy) is 2. The van der Waals surface area contributed by atoms with Crippen LogP contribution in [0.4, 0.5) is 4.79 Å². The molecular formula is C14H22N2O3. The average molecular weight is 266 g/mol. The second kappa shape index (κ2) is 8.50. The molecule has 2 amide bonds. The van der Waals surface area contributed by atoms with Crippen LogP contribution in [0.3, 0.4) is 0 Å². The van der Waals surface area contributed by atoms with Gasteiger partial charge in [0.05, 0.1) is 6.54 Å². The Labute approximate surface area is 114 Å². The number of nitrogens with two attached hydrogens (primary N) is 1. The Morgan fingerprint density at radius 2 is 1.79 bits per heavy atom. The van der Waals surface area contributed by atoms with Crippen molar-refractivity contribution in [2.75, 3.05) is 19.8 Å². The number of hydrogen-bond acceptors (Lipinski definition) is 3. The normalized spacial score (nSPS) is 10.7. The highest BCUT2D eigenvalue weighted by Crippen LogP contribution is 2.07. The van der Waals surface area contributed by atoms with E-state index >= 15 is 0 Å². The predicted molar refractivity (Wildman–Crippen MR) is 73.5 cm³/mol. The van der Waals surface area contributed by atoms with Crippen LogP contribution in [0.1, 0.15) is 19.4 Å². The fourth-order valence-corrected chi connectivity index (χ4v) is 1.74. The number of primary amides is 1. The van der Waals surface area contributed by atoms with Crippen molar-refractivity contribution < 1.29 is 14.3 Å². The molecule has 0 heterocycles. The van der Waals surface area contributed by atoms with Crippen LogP contribution in [-0.2, 0) is 16.0 Å². The van der Waals surface area contributed by atoms with Gasteiger partial charge >= 0.3 is 6.03 Å². The summed E-state index contributed by atoms with van der Waals surface area (Å²) in [5, 5.41) is 0. The third kappa shape index (κ3) is 5.72. The van der Waals surface area contributed by atoms with Crippen LogP contribution >= 0.6 is 0 Å². The minimum absolute atomic E-state index is 0.325. The second-order valence-corrected chi connectivity index (χ2v) is 4.04. The van der Waals surface area contributed by atoms with E-state index in [4.69, 9.17) is 15.2 Å². The number of benzene rings is 1. The van der Waals surface area contributed by atoms with Gasteiger partial charge in [-0.3, -0.25) is 0 Å². The fourth-order valence-electron chi connectivity index (χ4n) is 1.74. The Morgan fingerprint density at radius 3 is 2.26 bits per heavy atom. The molecule has 0 aliphatic carbocycles. The molecule has 0 aliphatic rings. The van der Waals surface area contributed by atoms with Gasteiger partial charge in [0.25, 0.3) is 0 Å². The molecule has 0 atom stereocenters. The number of hydrogen-bond donors (Lipinski definition) is 1. The lowest BCUT2D eigenvalue weighted by Gasteiger charge is -2.26. The number of amides is 2. The highest BCUT2D eigenvalue weighted by Gasteiger charge is 2.17. The van der Waals surface area contributed by atoms with Crippen molar-refractivity contribution in [2.45, 2.75) is 26.7 Å². The molecule has 2 N–H and O–H groups in total. The minimum atomic E-state index is -0.478. The molecule has 1 rings (SSSR count). The first-order valence-electron chi connectivity index (χ1n) is 6.48. The largest absolute Gasteiger partial charge is 0.351 e. The summed E-state index contributed by atoms with van der Waals surface area (Å²) in [5.41, 5.74) is 6.42. The van der Waals surface area contributed by atoms with Crippen molar-refractivity contribution in [3.63, 3.8) is 0 Å². The van der Waals surface area contributed by atoms with Gasteiger partial charge in [-0.2, -0.15) is 0 Å². The summed E-state index contributed by atoms with van der Waals surface area (Å²) in [5.74, 6) is 0. The van der Waals surface area contributed by atoms with Crippen molar-refractivity contribution in [2.24, 2.45) is 5.73 Å². The summed E-state index contributed by atoms with van der Waals surface area (Å²) in [4.78, 5) is 13.0. The highest BCUT2D eigenvalue weighted by atomic mass is 16.7.